The van der Waals surface area contributed by atoms with Crippen molar-refractivity contribution in [3.8, 4) is 0 Å². The molecule has 0 unspecified atom stereocenters. The van der Waals surface area contributed by atoms with E-state index in [2.05, 4.69) is 10.3 Å². The monoisotopic (exact) mass is 493 g/mol. The molecule has 0 atom stereocenters. The van der Waals surface area contributed by atoms with E-state index in [0.717, 1.165) is 12.1 Å². The fourth-order valence-electron chi connectivity index (χ4n) is 2.07. The third kappa shape index (κ3) is 9.28. The molecule has 0 bridgehead atoms. The zero-order chi connectivity index (χ0) is 18.4. The van der Waals surface area contributed by atoms with Crippen LogP contribution in [0.3, 0.4) is 0 Å². The normalized spacial score (nSPS) is 12.5. The highest BCUT2D eigenvalue weighted by molar-refractivity contribution is 14.0. The van der Waals surface area contributed by atoms with Gasteiger partial charge in [-0.1, -0.05) is 12.1 Å². The van der Waals surface area contributed by atoms with E-state index in [0.29, 0.717) is 31.0 Å². The van der Waals surface area contributed by atoms with Crippen LogP contribution in [0.1, 0.15) is 17.5 Å². The first-order chi connectivity index (χ1) is 11.0. The Hall–Kier alpha value is -1.04. The maximum absolute atomic E-state index is 12.5. The predicted molar refractivity (Wildman–Crippen MR) is 104 cm³/mol. The molecule has 0 heterocycles. The van der Waals surface area contributed by atoms with Crippen molar-refractivity contribution in [2.45, 2.75) is 19.1 Å². The highest BCUT2D eigenvalue weighted by Gasteiger charge is 2.29. The molecule has 5 nitrogen and oxygen atoms in total. The second-order valence-corrected chi connectivity index (χ2v) is 7.77. The Morgan fingerprint density at radius 2 is 1.80 bits per heavy atom. The zero-order valence-corrected chi connectivity index (χ0v) is 17.4. The lowest BCUT2D eigenvalue weighted by Gasteiger charge is -2.22. The highest BCUT2D eigenvalue weighted by Crippen LogP contribution is 2.29. The van der Waals surface area contributed by atoms with E-state index in [-0.39, 0.29) is 29.7 Å². The molecule has 0 saturated carbocycles. The van der Waals surface area contributed by atoms with Gasteiger partial charge in [-0.25, -0.2) is 8.42 Å². The van der Waals surface area contributed by atoms with Gasteiger partial charge in [-0.2, -0.15) is 13.2 Å². The number of guanidine groups is 1. The van der Waals surface area contributed by atoms with Crippen LogP contribution < -0.4 is 5.32 Å². The summed E-state index contributed by atoms with van der Waals surface area (Å²) in [5.41, 5.74) is 0.0294. The van der Waals surface area contributed by atoms with Gasteiger partial charge in [0.15, 0.2) is 5.96 Å². The molecule has 144 valence electrons. The van der Waals surface area contributed by atoms with E-state index in [1.807, 2.05) is 0 Å². The van der Waals surface area contributed by atoms with Gasteiger partial charge in [0.2, 0.25) is 0 Å². The topological polar surface area (TPSA) is 61.8 Å². The van der Waals surface area contributed by atoms with E-state index in [9.17, 15) is 21.6 Å². The summed E-state index contributed by atoms with van der Waals surface area (Å²) in [5, 5.41) is 3.03. The fraction of sp³-hybridized carbons (Fsp3) is 0.533. The highest BCUT2D eigenvalue weighted by atomic mass is 127. The van der Waals surface area contributed by atoms with Gasteiger partial charge in [0, 0.05) is 33.4 Å². The number of nitrogens with one attached hydrogen (secondary N) is 1. The molecule has 0 aromatic heterocycles. The second kappa shape index (κ2) is 10.2. The lowest BCUT2D eigenvalue weighted by atomic mass is 10.1. The van der Waals surface area contributed by atoms with Gasteiger partial charge in [0.25, 0.3) is 0 Å². The number of nitrogens with zero attached hydrogens (tertiary/aromatic N) is 2. The summed E-state index contributed by atoms with van der Waals surface area (Å²) >= 11 is 0. The molecule has 0 saturated heterocycles. The number of benzene rings is 1. The van der Waals surface area contributed by atoms with E-state index in [1.165, 1.54) is 18.4 Å². The van der Waals surface area contributed by atoms with E-state index >= 15 is 0 Å². The van der Waals surface area contributed by atoms with Crippen LogP contribution in [0.25, 0.3) is 0 Å². The number of sulfone groups is 1. The van der Waals surface area contributed by atoms with Crippen LogP contribution >= 0.6 is 24.0 Å². The minimum atomic E-state index is -4.35. The summed E-state index contributed by atoms with van der Waals surface area (Å²) in [4.78, 5) is 5.83. The third-order valence-corrected chi connectivity index (χ3v) is 4.28. The summed E-state index contributed by atoms with van der Waals surface area (Å²) < 4.78 is 59.8. The van der Waals surface area contributed by atoms with Crippen molar-refractivity contribution in [3.05, 3.63) is 35.4 Å². The molecule has 1 aromatic carbocycles. The zero-order valence-electron chi connectivity index (χ0n) is 14.3. The smallest absolute Gasteiger partial charge is 0.356 e. The summed E-state index contributed by atoms with van der Waals surface area (Å²) in [5.74, 6) is 0.628. The van der Waals surface area contributed by atoms with E-state index in [4.69, 9.17) is 0 Å². The van der Waals surface area contributed by atoms with Crippen molar-refractivity contribution < 1.29 is 21.6 Å². The standard InChI is InChI=1S/C15H22F3N3O2S.HI/c1-19-14(20-9-4-10-24(3,22)23)21(2)11-12-5-7-13(8-6-12)15(16,17)18;/h5-8H,4,9-11H2,1-3H3,(H,19,20);1H. The molecule has 0 aliphatic carbocycles. The Labute approximate surface area is 163 Å². The summed E-state index contributed by atoms with van der Waals surface area (Å²) in [6, 6.07) is 4.95. The molecule has 1 rings (SSSR count). The number of hydrogen-bond donors (Lipinski definition) is 1. The molecule has 0 aliphatic heterocycles. The van der Waals surface area contributed by atoms with Gasteiger partial charge >= 0.3 is 6.18 Å². The van der Waals surface area contributed by atoms with Crippen molar-refractivity contribution in [1.82, 2.24) is 10.2 Å². The maximum atomic E-state index is 12.5. The largest absolute Gasteiger partial charge is 0.416 e. The molecule has 25 heavy (non-hydrogen) atoms. The van der Waals surface area contributed by atoms with Crippen molar-refractivity contribution in [2.75, 3.05) is 32.6 Å². The van der Waals surface area contributed by atoms with Crippen molar-refractivity contribution in [2.24, 2.45) is 4.99 Å². The van der Waals surface area contributed by atoms with E-state index in [1.54, 1.807) is 19.0 Å². The van der Waals surface area contributed by atoms with Gasteiger partial charge in [-0.05, 0) is 24.1 Å². The minimum Gasteiger partial charge on any atom is -0.356 e. The molecule has 0 aliphatic rings. The van der Waals surface area contributed by atoms with Gasteiger partial charge in [-0.3, -0.25) is 4.99 Å². The predicted octanol–water partition coefficient (Wildman–Crippen LogP) is 2.77. The first-order valence-electron chi connectivity index (χ1n) is 7.28. The van der Waals surface area contributed by atoms with Gasteiger partial charge in [0.1, 0.15) is 9.84 Å². The molecule has 1 N–H and O–H groups in total. The fourth-order valence-corrected chi connectivity index (χ4v) is 2.74. The van der Waals surface area contributed by atoms with Crippen molar-refractivity contribution >= 4 is 39.8 Å². The van der Waals surface area contributed by atoms with E-state index < -0.39 is 21.6 Å². The van der Waals surface area contributed by atoms with Crippen LogP contribution in [0.5, 0.6) is 0 Å². The molecule has 0 radical (unpaired) electrons. The maximum Gasteiger partial charge on any atom is 0.416 e. The molecule has 10 heteroatoms. The van der Waals surface area contributed by atoms with Gasteiger partial charge in [-0.15, -0.1) is 24.0 Å². The summed E-state index contributed by atoms with van der Waals surface area (Å²) in [7, 11) is 0.340. The van der Waals surface area contributed by atoms with Crippen LogP contribution in [0, 0.1) is 0 Å². The quantitative estimate of drug-likeness (QED) is 0.287. The number of rotatable bonds is 6. The van der Waals surface area contributed by atoms with Crippen LogP contribution in [0.4, 0.5) is 13.2 Å². The molecule has 1 aromatic rings. The van der Waals surface area contributed by atoms with Crippen LogP contribution in [0.15, 0.2) is 29.3 Å². The van der Waals surface area contributed by atoms with Crippen LogP contribution in [-0.2, 0) is 22.6 Å². The Morgan fingerprint density at radius 3 is 2.24 bits per heavy atom. The Balaban J connectivity index is 0.00000576. The number of hydrogen-bond acceptors (Lipinski definition) is 3. The second-order valence-electron chi connectivity index (χ2n) is 5.51. The average molecular weight is 493 g/mol. The minimum absolute atomic E-state index is 0. The first-order valence-corrected chi connectivity index (χ1v) is 9.34. The Bertz CT molecular complexity index is 662. The lowest BCUT2D eigenvalue weighted by Crippen LogP contribution is -2.39. The number of halogens is 4. The van der Waals surface area contributed by atoms with Crippen molar-refractivity contribution in [3.63, 3.8) is 0 Å². The van der Waals surface area contributed by atoms with Crippen molar-refractivity contribution in [1.29, 1.82) is 0 Å². The molecule has 0 amide bonds. The van der Waals surface area contributed by atoms with Crippen LogP contribution in [0.2, 0.25) is 0 Å². The molecular weight excluding hydrogens is 470 g/mol. The Kier molecular flexibility index (Phi) is 9.77. The van der Waals surface area contributed by atoms with Gasteiger partial charge in [0.05, 0.1) is 11.3 Å². The number of alkyl halides is 3. The molecule has 0 spiro atoms. The summed E-state index contributed by atoms with van der Waals surface area (Å²) in [6.45, 7) is 0.820. The molecular formula is C15H23F3IN3O2S. The molecule has 0 fully saturated rings. The van der Waals surface area contributed by atoms with Gasteiger partial charge < -0.3 is 10.2 Å². The average Bonchev–Trinajstić information content (AvgIpc) is 2.45. The third-order valence-electron chi connectivity index (χ3n) is 3.25. The summed E-state index contributed by atoms with van der Waals surface area (Å²) in [6.07, 6.45) is -2.72. The number of aliphatic imine (C=N–C) groups is 1. The van der Waals surface area contributed by atoms with Crippen LogP contribution in [-0.4, -0.2) is 51.9 Å². The lowest BCUT2D eigenvalue weighted by molar-refractivity contribution is -0.137. The first kappa shape index (κ1) is 24.0. The SMILES string of the molecule is CN=C(NCCCS(C)(=O)=O)N(C)Cc1ccc(C(F)(F)F)cc1.I. The Morgan fingerprint density at radius 1 is 1.24 bits per heavy atom.